The van der Waals surface area contributed by atoms with Crippen LogP contribution < -0.4 is 10.1 Å². The first-order chi connectivity index (χ1) is 9.77. The van der Waals surface area contributed by atoms with Gasteiger partial charge >= 0.3 is 0 Å². The van der Waals surface area contributed by atoms with E-state index in [9.17, 15) is 8.42 Å². The van der Waals surface area contributed by atoms with Crippen molar-refractivity contribution in [2.75, 3.05) is 18.9 Å². The van der Waals surface area contributed by atoms with Crippen molar-refractivity contribution in [1.82, 2.24) is 5.32 Å². The Morgan fingerprint density at radius 2 is 1.95 bits per heavy atom. The summed E-state index contributed by atoms with van der Waals surface area (Å²) >= 11 is 6.03. The maximum absolute atomic E-state index is 11.8. The Morgan fingerprint density at radius 1 is 1.29 bits per heavy atom. The van der Waals surface area contributed by atoms with Crippen molar-refractivity contribution in [2.45, 2.75) is 39.0 Å². The van der Waals surface area contributed by atoms with Crippen LogP contribution in [-0.4, -0.2) is 32.6 Å². The maximum Gasteiger partial charge on any atom is 0.155 e. The van der Waals surface area contributed by atoms with Crippen LogP contribution in [0.5, 0.6) is 5.75 Å². The normalized spacial score (nSPS) is 13.4. The van der Waals surface area contributed by atoms with Crippen LogP contribution >= 0.6 is 11.6 Å². The minimum absolute atomic E-state index is 0.0162. The van der Waals surface area contributed by atoms with E-state index in [1.807, 2.05) is 19.9 Å². The highest BCUT2D eigenvalue weighted by Crippen LogP contribution is 2.28. The lowest BCUT2D eigenvalue weighted by Gasteiger charge is -2.18. The van der Waals surface area contributed by atoms with Crippen LogP contribution in [0.4, 0.5) is 0 Å². The van der Waals surface area contributed by atoms with Crippen LogP contribution in [0.15, 0.2) is 18.2 Å². The molecule has 0 saturated heterocycles. The van der Waals surface area contributed by atoms with Crippen LogP contribution in [0.25, 0.3) is 0 Å². The highest BCUT2D eigenvalue weighted by Gasteiger charge is 2.17. The molecule has 0 bridgehead atoms. The molecule has 1 N–H and O–H groups in total. The number of hydrogen-bond acceptors (Lipinski definition) is 4. The zero-order valence-corrected chi connectivity index (χ0v) is 14.6. The Labute approximate surface area is 132 Å². The first-order valence-electron chi connectivity index (χ1n) is 7.15. The van der Waals surface area contributed by atoms with Gasteiger partial charge in [-0.3, -0.25) is 0 Å². The standard InChI is InChI=1S/C15H24ClNO3S/c1-5-17-12(4)14-10-13(16)6-7-15(14)20-8-9-21(18,19)11(2)3/h6-7,10-12,17H,5,8-9H2,1-4H3. The summed E-state index contributed by atoms with van der Waals surface area (Å²) in [6.07, 6.45) is 0. The predicted molar refractivity (Wildman–Crippen MR) is 88.0 cm³/mol. The predicted octanol–water partition coefficient (Wildman–Crippen LogP) is 3.21. The molecule has 0 fully saturated rings. The second kappa shape index (κ2) is 8.01. The van der Waals surface area contributed by atoms with Crippen molar-refractivity contribution >= 4 is 21.4 Å². The summed E-state index contributed by atoms with van der Waals surface area (Å²) in [6, 6.07) is 5.47. The van der Waals surface area contributed by atoms with Gasteiger partial charge in [-0.05, 0) is 45.5 Å². The monoisotopic (exact) mass is 333 g/mol. The molecule has 0 aliphatic carbocycles. The van der Waals surface area contributed by atoms with E-state index in [2.05, 4.69) is 5.32 Å². The smallest absolute Gasteiger partial charge is 0.155 e. The van der Waals surface area contributed by atoms with Gasteiger partial charge < -0.3 is 10.1 Å². The summed E-state index contributed by atoms with van der Waals surface area (Å²) < 4.78 is 29.2. The molecular formula is C15H24ClNO3S. The highest BCUT2D eigenvalue weighted by atomic mass is 35.5. The molecule has 120 valence electrons. The van der Waals surface area contributed by atoms with Gasteiger partial charge in [0.1, 0.15) is 12.4 Å². The zero-order chi connectivity index (χ0) is 16.0. The summed E-state index contributed by atoms with van der Waals surface area (Å²) in [5.41, 5.74) is 0.936. The van der Waals surface area contributed by atoms with E-state index < -0.39 is 9.84 Å². The van der Waals surface area contributed by atoms with Crippen molar-refractivity contribution in [1.29, 1.82) is 0 Å². The van der Waals surface area contributed by atoms with Gasteiger partial charge in [-0.1, -0.05) is 18.5 Å². The number of hydrogen-bond donors (Lipinski definition) is 1. The minimum Gasteiger partial charge on any atom is -0.492 e. The lowest BCUT2D eigenvalue weighted by atomic mass is 10.1. The molecule has 1 rings (SSSR count). The average Bonchev–Trinajstić information content (AvgIpc) is 2.40. The molecule has 21 heavy (non-hydrogen) atoms. The van der Waals surface area contributed by atoms with E-state index in [0.29, 0.717) is 10.8 Å². The third-order valence-electron chi connectivity index (χ3n) is 3.29. The second-order valence-electron chi connectivity index (χ2n) is 5.23. The van der Waals surface area contributed by atoms with Crippen molar-refractivity contribution in [2.24, 2.45) is 0 Å². The van der Waals surface area contributed by atoms with Crippen LogP contribution in [0, 0.1) is 0 Å². The summed E-state index contributed by atoms with van der Waals surface area (Å²) in [7, 11) is -3.09. The van der Waals surface area contributed by atoms with Gasteiger partial charge in [0.05, 0.1) is 11.0 Å². The van der Waals surface area contributed by atoms with Crippen LogP contribution in [0.1, 0.15) is 39.3 Å². The third-order valence-corrected chi connectivity index (χ3v) is 5.70. The number of benzene rings is 1. The van der Waals surface area contributed by atoms with Crippen molar-refractivity contribution in [3.63, 3.8) is 0 Å². The quantitative estimate of drug-likeness (QED) is 0.793. The summed E-state index contributed by atoms with van der Waals surface area (Å²) in [6.45, 7) is 8.37. The number of ether oxygens (including phenoxy) is 1. The molecule has 0 aliphatic heterocycles. The van der Waals surface area contributed by atoms with Crippen molar-refractivity contribution in [3.05, 3.63) is 28.8 Å². The fourth-order valence-electron chi connectivity index (χ4n) is 1.91. The molecule has 1 unspecified atom stereocenters. The zero-order valence-electron chi connectivity index (χ0n) is 13.0. The number of sulfone groups is 1. The molecule has 6 heteroatoms. The number of rotatable bonds is 8. The van der Waals surface area contributed by atoms with E-state index in [0.717, 1.165) is 12.1 Å². The van der Waals surface area contributed by atoms with Gasteiger partial charge in [0, 0.05) is 16.6 Å². The van der Waals surface area contributed by atoms with Gasteiger partial charge in [-0.15, -0.1) is 0 Å². The SMILES string of the molecule is CCNC(C)c1cc(Cl)ccc1OCCS(=O)(=O)C(C)C. The Kier molecular flexibility index (Phi) is 6.97. The van der Waals surface area contributed by atoms with Gasteiger partial charge in [-0.25, -0.2) is 8.42 Å². The first kappa shape index (κ1) is 18.3. The Hall–Kier alpha value is -0.780. The topological polar surface area (TPSA) is 55.4 Å². The minimum atomic E-state index is -3.09. The molecule has 1 atom stereocenters. The summed E-state index contributed by atoms with van der Waals surface area (Å²) in [4.78, 5) is 0. The van der Waals surface area contributed by atoms with Crippen LogP contribution in [0.3, 0.4) is 0 Å². The molecule has 0 saturated carbocycles. The molecule has 4 nitrogen and oxygen atoms in total. The highest BCUT2D eigenvalue weighted by molar-refractivity contribution is 7.91. The van der Waals surface area contributed by atoms with Crippen LogP contribution in [0.2, 0.25) is 5.02 Å². The molecular weight excluding hydrogens is 310 g/mol. The summed E-state index contributed by atoms with van der Waals surface area (Å²) in [5, 5.41) is 3.55. The number of halogens is 1. The fraction of sp³-hybridized carbons (Fsp3) is 0.600. The van der Waals surface area contributed by atoms with E-state index in [1.54, 1.807) is 26.0 Å². The number of nitrogens with one attached hydrogen (secondary N) is 1. The second-order valence-corrected chi connectivity index (χ2v) is 8.34. The Morgan fingerprint density at radius 3 is 2.52 bits per heavy atom. The average molecular weight is 334 g/mol. The molecule has 0 spiro atoms. The van der Waals surface area contributed by atoms with Gasteiger partial charge in [0.15, 0.2) is 9.84 Å². The molecule has 1 aromatic rings. The lowest BCUT2D eigenvalue weighted by Crippen LogP contribution is -2.23. The van der Waals surface area contributed by atoms with Crippen molar-refractivity contribution in [3.8, 4) is 5.75 Å². The Bertz CT molecular complexity index is 558. The maximum atomic E-state index is 11.8. The van der Waals surface area contributed by atoms with E-state index in [-0.39, 0.29) is 23.7 Å². The van der Waals surface area contributed by atoms with Gasteiger partial charge in [0.25, 0.3) is 0 Å². The van der Waals surface area contributed by atoms with Gasteiger partial charge in [0.2, 0.25) is 0 Å². The lowest BCUT2D eigenvalue weighted by molar-refractivity contribution is 0.333. The summed E-state index contributed by atoms with van der Waals surface area (Å²) in [5.74, 6) is 0.689. The molecule has 0 heterocycles. The Balaban J connectivity index is 2.79. The fourth-order valence-corrected chi connectivity index (χ4v) is 2.88. The van der Waals surface area contributed by atoms with E-state index in [1.165, 1.54) is 0 Å². The van der Waals surface area contributed by atoms with Gasteiger partial charge in [-0.2, -0.15) is 0 Å². The third kappa shape index (κ3) is 5.49. The van der Waals surface area contributed by atoms with Crippen molar-refractivity contribution < 1.29 is 13.2 Å². The molecule has 0 aromatic heterocycles. The van der Waals surface area contributed by atoms with E-state index in [4.69, 9.17) is 16.3 Å². The molecule has 0 radical (unpaired) electrons. The first-order valence-corrected chi connectivity index (χ1v) is 9.24. The molecule has 0 aliphatic rings. The van der Waals surface area contributed by atoms with E-state index >= 15 is 0 Å². The largest absolute Gasteiger partial charge is 0.492 e. The molecule has 1 aromatic carbocycles. The van der Waals surface area contributed by atoms with Crippen LogP contribution in [-0.2, 0) is 9.84 Å². The molecule has 0 amide bonds.